The molecule has 0 unspecified atom stereocenters. The number of nitrogens with zero attached hydrogens (tertiary/aromatic N) is 6. The lowest BCUT2D eigenvalue weighted by molar-refractivity contribution is 0.385. The van der Waals surface area contributed by atoms with E-state index >= 15 is 0 Å². The van der Waals surface area contributed by atoms with Crippen LogP contribution in [0.1, 0.15) is 0 Å². The fraction of sp³-hybridized carbons (Fsp3) is 0.0690. The lowest BCUT2D eigenvalue weighted by Gasteiger charge is -2.11. The van der Waals surface area contributed by atoms with Crippen molar-refractivity contribution >= 4 is 71.8 Å². The van der Waals surface area contributed by atoms with Gasteiger partial charge in [0.15, 0.2) is 0 Å². The average molecular weight is 708 g/mol. The van der Waals surface area contributed by atoms with Gasteiger partial charge in [0.05, 0.1) is 36.2 Å². The van der Waals surface area contributed by atoms with Crippen LogP contribution in [0.25, 0.3) is 0 Å². The highest BCUT2D eigenvalue weighted by Crippen LogP contribution is 2.37. The van der Waals surface area contributed by atoms with Crippen molar-refractivity contribution in [2.45, 2.75) is 0 Å². The summed E-state index contributed by atoms with van der Waals surface area (Å²) in [7, 11) is -6.06. The van der Waals surface area contributed by atoms with E-state index in [0.717, 1.165) is 0 Å². The molecule has 0 fully saturated rings. The van der Waals surface area contributed by atoms with Crippen molar-refractivity contribution in [3.63, 3.8) is 0 Å². The molecule has 1 aromatic heterocycles. The molecule has 0 saturated heterocycles. The van der Waals surface area contributed by atoms with Gasteiger partial charge in [0, 0.05) is 23.5 Å². The minimum absolute atomic E-state index is 0.0445. The minimum Gasteiger partial charge on any atom is -0.494 e. The number of anilines is 4. The first-order valence-corrected chi connectivity index (χ1v) is 17.1. The van der Waals surface area contributed by atoms with Crippen LogP contribution < -0.4 is 36.4 Å². The molecule has 0 spiro atoms. The summed E-state index contributed by atoms with van der Waals surface area (Å²) in [5, 5.41) is 21.9. The highest BCUT2D eigenvalue weighted by Gasteiger charge is 2.18. The number of aromatic nitrogens is 3. The van der Waals surface area contributed by atoms with Crippen LogP contribution >= 0.6 is 15.2 Å². The number of aromatic amines is 1. The van der Waals surface area contributed by atoms with Gasteiger partial charge in [-0.05, 0) is 60.7 Å². The molecule has 0 amide bonds. The fourth-order valence-electron chi connectivity index (χ4n) is 4.14. The molecule has 5 aromatic rings. The first-order valence-electron chi connectivity index (χ1n) is 13.8. The zero-order valence-corrected chi connectivity index (χ0v) is 27.3. The largest absolute Gasteiger partial charge is 0.494 e. The summed E-state index contributed by atoms with van der Waals surface area (Å²) in [5.74, 6) is 0.588. The number of benzene rings is 4. The van der Waals surface area contributed by atoms with E-state index in [-0.39, 0.29) is 33.9 Å². The third kappa shape index (κ3) is 9.27. The van der Waals surface area contributed by atoms with E-state index in [1.807, 2.05) is 0 Å². The molecule has 1 heterocycles. The van der Waals surface area contributed by atoms with E-state index in [2.05, 4.69) is 46.0 Å². The summed E-state index contributed by atoms with van der Waals surface area (Å²) in [6.45, 7) is 0. The highest BCUT2D eigenvalue weighted by atomic mass is 31.2. The van der Waals surface area contributed by atoms with Crippen LogP contribution in [0, 0.1) is 0 Å². The SMILES string of the molecule is COc1cc(Nc2nc(Nc3ccc(N=Nc4cccc(P(=O)(O)O)c4)c(OC)c3)[nH]c(=O)n2)ccc1N=Nc1cccc(P(=O)(O)O)c1. The summed E-state index contributed by atoms with van der Waals surface area (Å²) in [6.07, 6.45) is 0. The van der Waals surface area contributed by atoms with Crippen LogP contribution in [0.15, 0.2) is 110 Å². The van der Waals surface area contributed by atoms with Crippen molar-refractivity contribution < 1.29 is 38.2 Å². The van der Waals surface area contributed by atoms with Crippen molar-refractivity contribution in [3.8, 4) is 11.5 Å². The Morgan fingerprint density at radius 1 is 0.653 bits per heavy atom. The number of hydrogen-bond acceptors (Lipinski definition) is 13. The van der Waals surface area contributed by atoms with E-state index in [0.29, 0.717) is 34.2 Å². The van der Waals surface area contributed by atoms with Gasteiger partial charge in [0.1, 0.15) is 22.9 Å². The summed E-state index contributed by atoms with van der Waals surface area (Å²) in [6, 6.07) is 20.6. The first-order chi connectivity index (χ1) is 23.3. The number of azo groups is 2. The Morgan fingerprint density at radius 2 is 1.14 bits per heavy atom. The number of rotatable bonds is 12. The number of methoxy groups -OCH3 is 2. The Hall–Kier alpha value is -5.61. The van der Waals surface area contributed by atoms with Gasteiger partial charge in [-0.25, -0.2) is 4.79 Å². The highest BCUT2D eigenvalue weighted by molar-refractivity contribution is 7.60. The molecule has 252 valence electrons. The zero-order chi connectivity index (χ0) is 35.2. The number of hydrogen-bond donors (Lipinski definition) is 7. The second kappa shape index (κ2) is 14.7. The van der Waals surface area contributed by atoms with Crippen LogP contribution in [-0.4, -0.2) is 48.7 Å². The molecule has 0 atom stereocenters. The maximum atomic E-state index is 12.4. The van der Waals surface area contributed by atoms with E-state index in [9.17, 15) is 33.5 Å². The molecular weight excluding hydrogens is 680 g/mol. The molecule has 20 heteroatoms. The van der Waals surface area contributed by atoms with Gasteiger partial charge in [0.2, 0.25) is 11.9 Å². The molecule has 49 heavy (non-hydrogen) atoms. The second-order valence-electron chi connectivity index (χ2n) is 9.88. The minimum atomic E-state index is -4.45. The van der Waals surface area contributed by atoms with E-state index in [1.165, 1.54) is 62.8 Å². The quantitative estimate of drug-likeness (QED) is 0.0657. The Balaban J connectivity index is 1.31. The maximum absolute atomic E-state index is 12.4. The van der Waals surface area contributed by atoms with Gasteiger partial charge in [-0.3, -0.25) is 14.1 Å². The van der Waals surface area contributed by atoms with Crippen LogP contribution in [0.5, 0.6) is 11.5 Å². The standard InChI is InChI=1S/C29H27N9O9P2/c1-46-25-15-17(9-11-23(25)37-35-19-5-3-7-21(13-19)48(40,41)42)30-27-32-28(34-29(39)33-27)31-18-10-12-24(26(16-18)47-2)38-36-20-6-4-8-22(14-20)49(43,44)45/h3-16H,1-2H3,(H2,40,41,42)(H2,43,44,45)(H3,30,31,32,33,34,39). The monoisotopic (exact) mass is 707 g/mol. The summed E-state index contributed by atoms with van der Waals surface area (Å²) in [5.41, 5.74) is 1.29. The van der Waals surface area contributed by atoms with E-state index in [4.69, 9.17) is 9.47 Å². The van der Waals surface area contributed by atoms with Crippen molar-refractivity contribution in [2.75, 3.05) is 24.9 Å². The summed E-state index contributed by atoms with van der Waals surface area (Å²) < 4.78 is 33.9. The van der Waals surface area contributed by atoms with Crippen LogP contribution in [0.2, 0.25) is 0 Å². The Labute approximate surface area is 277 Å². The van der Waals surface area contributed by atoms with Gasteiger partial charge in [-0.2, -0.15) is 20.2 Å². The molecule has 0 bridgehead atoms. The van der Waals surface area contributed by atoms with Gasteiger partial charge < -0.3 is 39.7 Å². The smallest absolute Gasteiger partial charge is 0.356 e. The van der Waals surface area contributed by atoms with Crippen molar-refractivity contribution in [3.05, 3.63) is 95.4 Å². The number of ether oxygens (including phenoxy) is 2. The van der Waals surface area contributed by atoms with Crippen molar-refractivity contribution in [2.24, 2.45) is 20.5 Å². The maximum Gasteiger partial charge on any atom is 0.356 e. The first kappa shape index (κ1) is 34.7. The number of H-pyrrole nitrogens is 1. The zero-order valence-electron chi connectivity index (χ0n) is 25.5. The molecule has 0 saturated carbocycles. The predicted molar refractivity (Wildman–Crippen MR) is 180 cm³/mol. The molecule has 18 nitrogen and oxygen atoms in total. The third-order valence-electron chi connectivity index (χ3n) is 6.41. The molecule has 0 radical (unpaired) electrons. The van der Waals surface area contributed by atoms with Gasteiger partial charge in [-0.1, -0.05) is 12.1 Å². The van der Waals surface area contributed by atoms with Gasteiger partial charge in [0.25, 0.3) is 0 Å². The molecular formula is C29H27N9O9P2. The molecule has 0 aliphatic carbocycles. The van der Waals surface area contributed by atoms with Crippen molar-refractivity contribution in [1.82, 2.24) is 15.0 Å². The Morgan fingerprint density at radius 3 is 1.61 bits per heavy atom. The molecule has 7 N–H and O–H groups in total. The van der Waals surface area contributed by atoms with Crippen LogP contribution in [0.4, 0.5) is 46.0 Å². The topological polar surface area (TPSA) is 266 Å². The molecule has 5 rings (SSSR count). The van der Waals surface area contributed by atoms with E-state index in [1.54, 1.807) is 36.4 Å². The predicted octanol–water partition coefficient (Wildman–Crippen LogP) is 5.11. The normalized spacial score (nSPS) is 12.0. The summed E-state index contributed by atoms with van der Waals surface area (Å²) >= 11 is 0. The lowest BCUT2D eigenvalue weighted by atomic mass is 10.2. The van der Waals surface area contributed by atoms with Crippen LogP contribution in [0.3, 0.4) is 0 Å². The lowest BCUT2D eigenvalue weighted by Crippen LogP contribution is -2.16. The average Bonchev–Trinajstić information content (AvgIpc) is 3.06. The van der Waals surface area contributed by atoms with Crippen LogP contribution in [-0.2, 0) is 9.13 Å². The summed E-state index contributed by atoms with van der Waals surface area (Å²) in [4.78, 5) is 60.6. The van der Waals surface area contributed by atoms with E-state index < -0.39 is 20.9 Å². The second-order valence-corrected chi connectivity index (χ2v) is 13.1. The van der Waals surface area contributed by atoms with Crippen molar-refractivity contribution in [1.29, 1.82) is 0 Å². The Bertz CT molecular complexity index is 2070. The third-order valence-corrected chi connectivity index (χ3v) is 8.31. The molecule has 4 aromatic carbocycles. The molecule has 0 aliphatic rings. The van der Waals surface area contributed by atoms with Gasteiger partial charge in [-0.15, -0.1) is 10.2 Å². The number of nitrogens with one attached hydrogen (secondary N) is 3. The molecule has 0 aliphatic heterocycles. The fourth-order valence-corrected chi connectivity index (χ4v) is 5.30. The van der Waals surface area contributed by atoms with Gasteiger partial charge >= 0.3 is 20.9 Å². The Kier molecular flexibility index (Phi) is 10.4.